The van der Waals surface area contributed by atoms with Gasteiger partial charge >= 0.3 is 0 Å². The monoisotopic (exact) mass is 467 g/mol. The number of amides is 1. The molecule has 0 saturated carbocycles. The molecule has 11 heteroatoms. The van der Waals surface area contributed by atoms with Crippen LogP contribution in [0.2, 0.25) is 0 Å². The number of nitrogens with zero attached hydrogens (tertiary/aromatic N) is 4. The number of nitrogens with one attached hydrogen (secondary N) is 1. The number of aromatic nitrogens is 3. The Morgan fingerprint density at radius 1 is 1.21 bits per heavy atom. The summed E-state index contributed by atoms with van der Waals surface area (Å²) in [6.45, 7) is 2.27. The van der Waals surface area contributed by atoms with Crippen molar-refractivity contribution in [2.24, 2.45) is 0 Å². The Labute approximate surface area is 192 Å². The lowest BCUT2D eigenvalue weighted by atomic mass is 10.1. The first-order valence-corrected chi connectivity index (χ1v) is 10.9. The normalized spacial score (nSPS) is 10.9. The van der Waals surface area contributed by atoms with E-state index in [-0.39, 0.29) is 29.3 Å². The number of hydrogen-bond acceptors (Lipinski definition) is 8. The average molecular weight is 468 g/mol. The van der Waals surface area contributed by atoms with Crippen molar-refractivity contribution in [1.29, 1.82) is 0 Å². The van der Waals surface area contributed by atoms with Crippen LogP contribution in [-0.2, 0) is 6.42 Å². The van der Waals surface area contributed by atoms with Crippen LogP contribution >= 0.6 is 11.3 Å². The predicted octanol–water partition coefficient (Wildman–Crippen LogP) is 3.66. The Morgan fingerprint density at radius 3 is 2.64 bits per heavy atom. The molecule has 1 amide bonds. The van der Waals surface area contributed by atoms with Crippen LogP contribution in [-0.4, -0.2) is 46.2 Å². The molecule has 2 aromatic carbocycles. The SMILES string of the molecule is COc1cc(C(=O)NCCc2csc3nc(-c4ccccc4C)nn23)c([N+](=O)[O-])cc1OC. The van der Waals surface area contributed by atoms with Crippen molar-refractivity contribution in [3.63, 3.8) is 0 Å². The van der Waals surface area contributed by atoms with E-state index in [0.717, 1.165) is 21.8 Å². The van der Waals surface area contributed by atoms with Crippen molar-refractivity contribution in [3.8, 4) is 22.9 Å². The van der Waals surface area contributed by atoms with E-state index in [0.29, 0.717) is 12.2 Å². The molecule has 0 aliphatic rings. The highest BCUT2D eigenvalue weighted by Crippen LogP contribution is 2.34. The molecular formula is C22H21N5O5S. The molecule has 0 radical (unpaired) electrons. The Morgan fingerprint density at radius 2 is 1.94 bits per heavy atom. The summed E-state index contributed by atoms with van der Waals surface area (Å²) in [5.74, 6) is 0.482. The van der Waals surface area contributed by atoms with Crippen LogP contribution in [0.15, 0.2) is 41.8 Å². The first kappa shape index (κ1) is 22.2. The van der Waals surface area contributed by atoms with Gasteiger partial charge in [0.15, 0.2) is 17.3 Å². The summed E-state index contributed by atoms with van der Waals surface area (Å²) in [5, 5.41) is 20.7. The Hall–Kier alpha value is -3.99. The van der Waals surface area contributed by atoms with Crippen molar-refractivity contribution >= 4 is 27.9 Å². The molecule has 0 fully saturated rings. The first-order valence-electron chi connectivity index (χ1n) is 10.0. The van der Waals surface area contributed by atoms with Crippen LogP contribution in [0.4, 0.5) is 5.69 Å². The van der Waals surface area contributed by atoms with E-state index < -0.39 is 10.8 Å². The molecule has 0 atom stereocenters. The second-order valence-electron chi connectivity index (χ2n) is 7.16. The van der Waals surface area contributed by atoms with E-state index in [9.17, 15) is 14.9 Å². The zero-order valence-corrected chi connectivity index (χ0v) is 19.0. The van der Waals surface area contributed by atoms with Gasteiger partial charge in [-0.05, 0) is 12.5 Å². The van der Waals surface area contributed by atoms with Gasteiger partial charge in [-0.2, -0.15) is 4.98 Å². The number of ether oxygens (including phenoxy) is 2. The van der Waals surface area contributed by atoms with Crippen LogP contribution < -0.4 is 14.8 Å². The minimum Gasteiger partial charge on any atom is -0.493 e. The van der Waals surface area contributed by atoms with Gasteiger partial charge in [-0.25, -0.2) is 4.52 Å². The number of hydrogen-bond donors (Lipinski definition) is 1. The van der Waals surface area contributed by atoms with Gasteiger partial charge in [0.1, 0.15) is 5.56 Å². The lowest BCUT2D eigenvalue weighted by molar-refractivity contribution is -0.385. The van der Waals surface area contributed by atoms with Crippen LogP contribution in [0.5, 0.6) is 11.5 Å². The second kappa shape index (κ2) is 9.25. The van der Waals surface area contributed by atoms with Gasteiger partial charge in [0, 0.05) is 30.0 Å². The summed E-state index contributed by atoms with van der Waals surface area (Å²) in [6, 6.07) is 10.4. The minimum absolute atomic E-state index is 0.101. The molecule has 10 nitrogen and oxygen atoms in total. The van der Waals surface area contributed by atoms with Gasteiger partial charge in [-0.3, -0.25) is 14.9 Å². The summed E-state index contributed by atoms with van der Waals surface area (Å²) in [5.41, 5.74) is 2.47. The van der Waals surface area contributed by atoms with Crippen LogP contribution in [0.1, 0.15) is 21.6 Å². The smallest absolute Gasteiger partial charge is 0.286 e. The number of rotatable bonds is 8. The van der Waals surface area contributed by atoms with Gasteiger partial charge in [0.2, 0.25) is 4.96 Å². The molecule has 2 aromatic heterocycles. The number of thiazole rings is 1. The van der Waals surface area contributed by atoms with Crippen LogP contribution in [0.25, 0.3) is 16.3 Å². The minimum atomic E-state index is -0.623. The maximum absolute atomic E-state index is 12.7. The standard InChI is InChI=1S/C22H21N5O5S/c1-13-6-4-5-7-15(13)20-24-22-26(25-20)14(12-33-22)8-9-23-21(28)16-10-18(31-2)19(32-3)11-17(16)27(29)30/h4-7,10-12H,8-9H2,1-3H3,(H,23,28). The molecule has 1 N–H and O–H groups in total. The molecule has 0 spiro atoms. The van der Waals surface area contributed by atoms with Crippen molar-refractivity contribution in [1.82, 2.24) is 19.9 Å². The number of nitro groups is 1. The average Bonchev–Trinajstić information content (AvgIpc) is 3.39. The Kier molecular flexibility index (Phi) is 6.22. The van der Waals surface area contributed by atoms with Crippen LogP contribution in [0, 0.1) is 17.0 Å². The summed E-state index contributed by atoms with van der Waals surface area (Å²) >= 11 is 1.46. The Balaban J connectivity index is 1.50. The highest BCUT2D eigenvalue weighted by atomic mass is 32.1. The van der Waals surface area contributed by atoms with Gasteiger partial charge in [-0.1, -0.05) is 24.3 Å². The number of fused-ring (bicyclic) bond motifs is 1. The summed E-state index contributed by atoms with van der Waals surface area (Å²) in [4.78, 5) is 28.9. The molecular weight excluding hydrogens is 446 g/mol. The number of carbonyl (C=O) groups is 1. The van der Waals surface area contributed by atoms with E-state index in [1.165, 1.54) is 37.7 Å². The number of methoxy groups -OCH3 is 2. The largest absolute Gasteiger partial charge is 0.493 e. The van der Waals surface area contributed by atoms with Crippen molar-refractivity contribution in [3.05, 3.63) is 68.7 Å². The fourth-order valence-electron chi connectivity index (χ4n) is 3.44. The fourth-order valence-corrected chi connectivity index (χ4v) is 4.29. The summed E-state index contributed by atoms with van der Waals surface area (Å²) in [7, 11) is 2.77. The zero-order chi connectivity index (χ0) is 23.5. The predicted molar refractivity (Wildman–Crippen MR) is 123 cm³/mol. The molecule has 4 aromatic rings. The summed E-state index contributed by atoms with van der Waals surface area (Å²) in [6.07, 6.45) is 0.476. The maximum Gasteiger partial charge on any atom is 0.286 e. The third-order valence-electron chi connectivity index (χ3n) is 5.15. The van der Waals surface area contributed by atoms with E-state index in [1.54, 1.807) is 4.52 Å². The van der Waals surface area contributed by atoms with E-state index >= 15 is 0 Å². The van der Waals surface area contributed by atoms with Gasteiger partial charge < -0.3 is 14.8 Å². The molecule has 33 heavy (non-hydrogen) atoms. The van der Waals surface area contributed by atoms with Crippen molar-refractivity contribution < 1.29 is 19.2 Å². The van der Waals surface area contributed by atoms with Gasteiger partial charge in [-0.15, -0.1) is 16.4 Å². The topological polar surface area (TPSA) is 121 Å². The number of benzene rings is 2. The molecule has 4 rings (SSSR count). The van der Waals surface area contributed by atoms with Crippen molar-refractivity contribution in [2.75, 3.05) is 20.8 Å². The zero-order valence-electron chi connectivity index (χ0n) is 18.2. The quantitative estimate of drug-likeness (QED) is 0.310. The highest BCUT2D eigenvalue weighted by molar-refractivity contribution is 7.15. The third kappa shape index (κ3) is 4.35. The van der Waals surface area contributed by atoms with Gasteiger partial charge in [0.25, 0.3) is 11.6 Å². The molecule has 0 saturated heterocycles. The number of nitro benzene ring substituents is 1. The van der Waals surface area contributed by atoms with Crippen LogP contribution in [0.3, 0.4) is 0 Å². The molecule has 0 bridgehead atoms. The first-order chi connectivity index (χ1) is 15.9. The lowest BCUT2D eigenvalue weighted by Crippen LogP contribution is -2.26. The Bertz CT molecular complexity index is 1350. The second-order valence-corrected chi connectivity index (χ2v) is 8.00. The number of aryl methyl sites for hydroxylation is 1. The van der Waals surface area contributed by atoms with E-state index in [2.05, 4.69) is 15.4 Å². The third-order valence-corrected chi connectivity index (χ3v) is 6.01. The molecule has 2 heterocycles. The van der Waals surface area contributed by atoms with Gasteiger partial charge in [0.05, 0.1) is 30.9 Å². The van der Waals surface area contributed by atoms with E-state index in [1.807, 2.05) is 36.6 Å². The molecule has 170 valence electrons. The lowest BCUT2D eigenvalue weighted by Gasteiger charge is -2.10. The van der Waals surface area contributed by atoms with Crippen molar-refractivity contribution in [2.45, 2.75) is 13.3 Å². The van der Waals surface area contributed by atoms with E-state index in [4.69, 9.17) is 9.47 Å². The molecule has 0 unspecified atom stereocenters. The highest BCUT2D eigenvalue weighted by Gasteiger charge is 2.24. The fraction of sp³-hybridized carbons (Fsp3) is 0.227. The summed E-state index contributed by atoms with van der Waals surface area (Å²) < 4.78 is 12.0. The molecule has 0 aliphatic heterocycles. The number of carbonyl (C=O) groups excluding carboxylic acids is 1. The molecule has 0 aliphatic carbocycles. The maximum atomic E-state index is 12.7.